The maximum Gasteiger partial charge on any atom is 0.418 e. The molecule has 0 saturated carbocycles. The van der Waals surface area contributed by atoms with E-state index in [2.05, 4.69) is 0 Å². The number of alkyl halides is 3. The molecule has 0 spiro atoms. The molecule has 5 nitrogen and oxygen atoms in total. The van der Waals surface area contributed by atoms with E-state index in [4.69, 9.17) is 4.74 Å². The molecule has 0 unspecified atom stereocenters. The SMILES string of the molecule is COC(=O)C1=C(C)N(c2cccc(C)c2)C(=O)/C1=C\c1cc(C)n(-c2ccccc2C(F)(F)F)c1C. The number of ether oxygens (including phenoxy) is 1. The van der Waals surface area contributed by atoms with Crippen LogP contribution in [0.4, 0.5) is 18.9 Å². The van der Waals surface area contributed by atoms with Gasteiger partial charge in [0, 0.05) is 22.8 Å². The Morgan fingerprint density at radius 1 is 0.972 bits per heavy atom. The lowest BCUT2D eigenvalue weighted by molar-refractivity contribution is -0.137. The minimum absolute atomic E-state index is 0.0105. The number of hydrogen-bond acceptors (Lipinski definition) is 3. The van der Waals surface area contributed by atoms with Crippen LogP contribution < -0.4 is 4.90 Å². The van der Waals surface area contributed by atoms with Crippen LogP contribution in [0.2, 0.25) is 0 Å². The quantitative estimate of drug-likeness (QED) is 0.316. The summed E-state index contributed by atoms with van der Waals surface area (Å²) in [6, 6.07) is 14.3. The van der Waals surface area contributed by atoms with Gasteiger partial charge in [0.05, 0.1) is 29.5 Å². The Morgan fingerprint density at radius 2 is 1.67 bits per heavy atom. The molecular weight excluding hydrogens is 469 g/mol. The highest BCUT2D eigenvalue weighted by atomic mass is 19.4. The largest absolute Gasteiger partial charge is 0.465 e. The smallest absolute Gasteiger partial charge is 0.418 e. The van der Waals surface area contributed by atoms with Crippen molar-refractivity contribution in [2.24, 2.45) is 0 Å². The Bertz CT molecular complexity index is 1440. The number of carbonyl (C=O) groups excluding carboxylic acids is 2. The molecule has 0 fully saturated rings. The average Bonchev–Trinajstić information content (AvgIpc) is 3.23. The van der Waals surface area contributed by atoms with Crippen LogP contribution in [0.3, 0.4) is 0 Å². The lowest BCUT2D eigenvalue weighted by Gasteiger charge is -2.18. The second kappa shape index (κ2) is 9.18. The molecular formula is C28H25F3N2O3. The molecule has 1 aromatic heterocycles. The lowest BCUT2D eigenvalue weighted by Crippen LogP contribution is -2.24. The Hall–Kier alpha value is -4.07. The number of para-hydroxylation sites is 1. The molecule has 4 rings (SSSR count). The van der Waals surface area contributed by atoms with Crippen molar-refractivity contribution in [2.75, 3.05) is 12.0 Å². The van der Waals surface area contributed by atoms with Crippen molar-refractivity contribution in [2.45, 2.75) is 33.9 Å². The summed E-state index contributed by atoms with van der Waals surface area (Å²) in [6.07, 6.45) is -2.99. The fourth-order valence-corrected chi connectivity index (χ4v) is 4.63. The maximum atomic E-state index is 13.7. The summed E-state index contributed by atoms with van der Waals surface area (Å²) in [5, 5.41) is 0. The molecule has 186 valence electrons. The van der Waals surface area contributed by atoms with Crippen molar-refractivity contribution in [3.8, 4) is 5.69 Å². The van der Waals surface area contributed by atoms with Crippen LogP contribution in [-0.4, -0.2) is 23.6 Å². The first-order chi connectivity index (χ1) is 17.0. The number of aryl methyl sites for hydroxylation is 2. The van der Waals surface area contributed by atoms with Crippen LogP contribution >= 0.6 is 0 Å². The minimum Gasteiger partial charge on any atom is -0.465 e. The first kappa shape index (κ1) is 25.0. The van der Waals surface area contributed by atoms with Gasteiger partial charge in [0.15, 0.2) is 0 Å². The number of esters is 1. The van der Waals surface area contributed by atoms with Crippen LogP contribution in [0.1, 0.15) is 35.0 Å². The summed E-state index contributed by atoms with van der Waals surface area (Å²) in [7, 11) is 1.24. The highest BCUT2D eigenvalue weighted by Gasteiger charge is 2.38. The van der Waals surface area contributed by atoms with Gasteiger partial charge < -0.3 is 9.30 Å². The van der Waals surface area contributed by atoms with Gasteiger partial charge in [-0.05, 0) is 75.2 Å². The van der Waals surface area contributed by atoms with E-state index in [1.165, 1.54) is 28.7 Å². The van der Waals surface area contributed by atoms with E-state index in [9.17, 15) is 22.8 Å². The number of anilines is 1. The molecule has 0 atom stereocenters. The zero-order valence-electron chi connectivity index (χ0n) is 20.5. The molecule has 3 aromatic rings. The third-order valence-corrected chi connectivity index (χ3v) is 6.27. The van der Waals surface area contributed by atoms with Gasteiger partial charge >= 0.3 is 12.1 Å². The number of aromatic nitrogens is 1. The van der Waals surface area contributed by atoms with Crippen LogP contribution in [0.25, 0.3) is 11.8 Å². The van der Waals surface area contributed by atoms with Crippen LogP contribution in [0, 0.1) is 20.8 Å². The maximum absolute atomic E-state index is 13.7. The predicted molar refractivity (Wildman–Crippen MR) is 132 cm³/mol. The van der Waals surface area contributed by atoms with Crippen molar-refractivity contribution >= 4 is 23.6 Å². The van der Waals surface area contributed by atoms with Gasteiger partial charge in [-0.1, -0.05) is 24.3 Å². The molecule has 2 heterocycles. The first-order valence-corrected chi connectivity index (χ1v) is 11.2. The van der Waals surface area contributed by atoms with Gasteiger partial charge in [0.2, 0.25) is 0 Å². The van der Waals surface area contributed by atoms with Gasteiger partial charge in [-0.15, -0.1) is 0 Å². The summed E-state index contributed by atoms with van der Waals surface area (Å²) in [5.74, 6) is -1.09. The van der Waals surface area contributed by atoms with E-state index in [-0.39, 0.29) is 16.8 Å². The van der Waals surface area contributed by atoms with Gasteiger partial charge in [-0.3, -0.25) is 9.69 Å². The highest BCUT2D eigenvalue weighted by molar-refractivity contribution is 6.23. The number of halogens is 3. The fourth-order valence-electron chi connectivity index (χ4n) is 4.63. The Balaban J connectivity index is 1.88. The monoisotopic (exact) mass is 494 g/mol. The number of hydrogen-bond donors (Lipinski definition) is 0. The summed E-state index contributed by atoms with van der Waals surface area (Å²) in [6.45, 7) is 6.93. The second-order valence-electron chi connectivity index (χ2n) is 8.67. The van der Waals surface area contributed by atoms with E-state index in [1.54, 1.807) is 45.0 Å². The topological polar surface area (TPSA) is 51.5 Å². The number of rotatable bonds is 4. The van der Waals surface area contributed by atoms with E-state index in [1.807, 2.05) is 25.1 Å². The van der Waals surface area contributed by atoms with Gasteiger partial charge in [0.25, 0.3) is 5.91 Å². The Kier molecular flexibility index (Phi) is 6.39. The zero-order valence-corrected chi connectivity index (χ0v) is 20.5. The van der Waals surface area contributed by atoms with Crippen molar-refractivity contribution in [3.63, 3.8) is 0 Å². The molecule has 2 aromatic carbocycles. The van der Waals surface area contributed by atoms with Crippen LogP contribution in [-0.2, 0) is 20.5 Å². The molecule has 0 saturated heterocycles. The average molecular weight is 495 g/mol. The molecule has 1 aliphatic heterocycles. The number of methoxy groups -OCH3 is 1. The first-order valence-electron chi connectivity index (χ1n) is 11.2. The molecule has 0 aliphatic carbocycles. The molecule has 36 heavy (non-hydrogen) atoms. The van der Waals surface area contributed by atoms with Crippen molar-refractivity contribution in [1.29, 1.82) is 0 Å². The summed E-state index contributed by atoms with van der Waals surface area (Å²) in [5.41, 5.74) is 2.99. The van der Waals surface area contributed by atoms with E-state index in [0.29, 0.717) is 28.3 Å². The van der Waals surface area contributed by atoms with Crippen LogP contribution in [0.5, 0.6) is 0 Å². The predicted octanol–water partition coefficient (Wildman–Crippen LogP) is 6.30. The minimum atomic E-state index is -4.54. The molecule has 1 amide bonds. The standard InChI is InChI=1S/C28H25F3N2O3/c1-16-9-8-10-21(13-16)33-19(4)25(27(35)36-5)22(26(33)34)15-20-14-17(2)32(18(20)3)24-12-7-6-11-23(24)28(29,30)31/h6-15H,1-5H3/b22-15-. The second-order valence-corrected chi connectivity index (χ2v) is 8.67. The zero-order chi connectivity index (χ0) is 26.4. The third kappa shape index (κ3) is 4.23. The van der Waals surface area contributed by atoms with Crippen LogP contribution in [0.15, 0.2) is 71.4 Å². The van der Waals surface area contributed by atoms with Gasteiger partial charge in [-0.25, -0.2) is 4.79 Å². The number of benzene rings is 2. The lowest BCUT2D eigenvalue weighted by atomic mass is 10.0. The molecule has 0 bridgehead atoms. The van der Waals surface area contributed by atoms with Crippen molar-refractivity contribution in [1.82, 2.24) is 4.57 Å². The molecule has 8 heteroatoms. The summed E-state index contributed by atoms with van der Waals surface area (Å²) < 4.78 is 47.6. The van der Waals surface area contributed by atoms with E-state index < -0.39 is 23.6 Å². The Morgan fingerprint density at radius 3 is 2.31 bits per heavy atom. The van der Waals surface area contributed by atoms with Gasteiger partial charge in [-0.2, -0.15) is 13.2 Å². The third-order valence-electron chi connectivity index (χ3n) is 6.27. The number of carbonyl (C=O) groups is 2. The number of allylic oxidation sites excluding steroid dienone is 1. The van der Waals surface area contributed by atoms with Crippen molar-refractivity contribution in [3.05, 3.63) is 99.5 Å². The van der Waals surface area contributed by atoms with Crippen molar-refractivity contribution < 1.29 is 27.5 Å². The number of nitrogens with zero attached hydrogens (tertiary/aromatic N) is 2. The highest BCUT2D eigenvalue weighted by Crippen LogP contribution is 2.38. The summed E-state index contributed by atoms with van der Waals surface area (Å²) >= 11 is 0. The fraction of sp³-hybridized carbons (Fsp3) is 0.214. The summed E-state index contributed by atoms with van der Waals surface area (Å²) in [4.78, 5) is 27.7. The normalized spacial score (nSPS) is 15.3. The van der Waals surface area contributed by atoms with Gasteiger partial charge in [0.1, 0.15) is 0 Å². The Labute approximate surface area is 207 Å². The van der Waals surface area contributed by atoms with E-state index in [0.717, 1.165) is 11.6 Å². The molecule has 0 N–H and O–H groups in total. The molecule has 1 aliphatic rings. The molecule has 0 radical (unpaired) electrons. The number of amides is 1. The van der Waals surface area contributed by atoms with E-state index >= 15 is 0 Å².